The van der Waals surface area contributed by atoms with Gasteiger partial charge in [0.25, 0.3) is 5.91 Å². The van der Waals surface area contributed by atoms with E-state index in [0.29, 0.717) is 30.8 Å². The molecule has 1 saturated heterocycles. The van der Waals surface area contributed by atoms with E-state index in [-0.39, 0.29) is 17.7 Å². The second-order valence-corrected chi connectivity index (χ2v) is 5.59. The third-order valence-electron chi connectivity index (χ3n) is 3.86. The number of fused-ring (bicyclic) bond motifs is 1. The first kappa shape index (κ1) is 14.7. The van der Waals surface area contributed by atoms with Gasteiger partial charge in [-0.05, 0) is 19.1 Å². The van der Waals surface area contributed by atoms with Gasteiger partial charge in [-0.25, -0.2) is 14.3 Å². The van der Waals surface area contributed by atoms with E-state index in [2.05, 4.69) is 15.1 Å². The Balaban J connectivity index is 1.76. The van der Waals surface area contributed by atoms with E-state index < -0.39 is 0 Å². The minimum atomic E-state index is -0.369. The summed E-state index contributed by atoms with van der Waals surface area (Å²) in [6, 6.07) is 3.35. The van der Waals surface area contributed by atoms with Gasteiger partial charge in [0.15, 0.2) is 5.65 Å². The number of pyridine rings is 1. The van der Waals surface area contributed by atoms with Crippen LogP contribution in [0, 0.1) is 0 Å². The molecule has 0 aliphatic carbocycles. The summed E-state index contributed by atoms with van der Waals surface area (Å²) in [6.07, 6.45) is 1.21. The normalized spacial score (nSPS) is 17.8. The number of β-amino-alcohol motifs (C(OH)–C–C–N with tert-alkyl or cyclic N) is 1. The second-order valence-electron chi connectivity index (χ2n) is 5.59. The van der Waals surface area contributed by atoms with Crippen LogP contribution in [0.25, 0.3) is 5.65 Å². The molecule has 0 unspecified atom stereocenters. The fourth-order valence-electron chi connectivity index (χ4n) is 2.78. The lowest BCUT2D eigenvalue weighted by molar-refractivity contribution is 0.0555. The van der Waals surface area contributed by atoms with Crippen molar-refractivity contribution >= 4 is 11.6 Å². The number of hydrogen-bond acceptors (Lipinski definition) is 5. The summed E-state index contributed by atoms with van der Waals surface area (Å²) >= 11 is 0. The summed E-state index contributed by atoms with van der Waals surface area (Å²) in [5, 5.41) is 15.7. The maximum absolute atomic E-state index is 12.6. The Morgan fingerprint density at radius 2 is 2.14 bits per heavy atom. The summed E-state index contributed by atoms with van der Waals surface area (Å²) < 4.78 is 1.33. The Labute approximate surface area is 127 Å². The van der Waals surface area contributed by atoms with Crippen LogP contribution in [0.1, 0.15) is 17.3 Å². The zero-order valence-electron chi connectivity index (χ0n) is 12.4. The Kier molecular flexibility index (Phi) is 3.95. The maximum atomic E-state index is 12.6. The molecule has 0 radical (unpaired) electrons. The van der Waals surface area contributed by atoms with Crippen LogP contribution in [0.2, 0.25) is 0 Å². The van der Waals surface area contributed by atoms with Crippen LogP contribution >= 0.6 is 0 Å². The van der Waals surface area contributed by atoms with Crippen molar-refractivity contribution in [2.75, 3.05) is 32.7 Å². The number of aliphatic hydroxyl groups is 1. The van der Waals surface area contributed by atoms with E-state index in [9.17, 15) is 14.7 Å². The highest BCUT2D eigenvalue weighted by Gasteiger charge is 2.24. The van der Waals surface area contributed by atoms with Crippen molar-refractivity contribution < 1.29 is 9.90 Å². The number of aromatic amines is 1. The Morgan fingerprint density at radius 3 is 2.82 bits per heavy atom. The minimum Gasteiger partial charge on any atom is -0.392 e. The van der Waals surface area contributed by atoms with Crippen LogP contribution in [0.15, 0.2) is 23.1 Å². The number of hydrogen-bond donors (Lipinski definition) is 2. The van der Waals surface area contributed by atoms with Gasteiger partial charge >= 0.3 is 5.69 Å². The smallest absolute Gasteiger partial charge is 0.347 e. The molecule has 0 saturated carbocycles. The Bertz CT molecular complexity index is 727. The molecule has 3 heterocycles. The summed E-state index contributed by atoms with van der Waals surface area (Å²) in [4.78, 5) is 28.1. The average Bonchev–Trinajstić information content (AvgIpc) is 2.88. The predicted octanol–water partition coefficient (Wildman–Crippen LogP) is -0.839. The molecule has 2 aromatic rings. The van der Waals surface area contributed by atoms with E-state index in [0.717, 1.165) is 13.1 Å². The first-order valence-corrected chi connectivity index (χ1v) is 7.31. The molecule has 0 bridgehead atoms. The molecule has 1 amide bonds. The zero-order valence-corrected chi connectivity index (χ0v) is 12.4. The number of nitrogens with one attached hydrogen (secondary N) is 1. The molecule has 1 aliphatic heterocycles. The maximum Gasteiger partial charge on any atom is 0.347 e. The zero-order chi connectivity index (χ0) is 15.7. The lowest BCUT2D eigenvalue weighted by Crippen LogP contribution is -2.50. The number of H-pyrrole nitrogens is 1. The van der Waals surface area contributed by atoms with Crippen LogP contribution in [-0.4, -0.2) is 74.2 Å². The van der Waals surface area contributed by atoms with Crippen LogP contribution in [0.3, 0.4) is 0 Å². The van der Waals surface area contributed by atoms with Gasteiger partial charge in [-0.15, -0.1) is 0 Å². The molecule has 1 atom stereocenters. The molecule has 118 valence electrons. The minimum absolute atomic E-state index is 0.124. The number of aliphatic hydroxyl groups excluding tert-OH is 1. The second kappa shape index (κ2) is 5.90. The van der Waals surface area contributed by atoms with Crippen molar-refractivity contribution in [1.29, 1.82) is 0 Å². The Morgan fingerprint density at radius 1 is 1.41 bits per heavy atom. The van der Waals surface area contributed by atoms with E-state index >= 15 is 0 Å². The first-order valence-electron chi connectivity index (χ1n) is 7.31. The van der Waals surface area contributed by atoms with Crippen molar-refractivity contribution in [3.63, 3.8) is 0 Å². The summed E-state index contributed by atoms with van der Waals surface area (Å²) in [6.45, 7) is 5.03. The predicted molar refractivity (Wildman–Crippen MR) is 79.8 cm³/mol. The van der Waals surface area contributed by atoms with Crippen molar-refractivity contribution in [3.05, 3.63) is 34.4 Å². The number of amides is 1. The van der Waals surface area contributed by atoms with E-state index in [1.165, 1.54) is 4.40 Å². The van der Waals surface area contributed by atoms with Crippen LogP contribution in [-0.2, 0) is 0 Å². The van der Waals surface area contributed by atoms with Crippen molar-refractivity contribution in [3.8, 4) is 0 Å². The quantitative estimate of drug-likeness (QED) is 0.771. The van der Waals surface area contributed by atoms with Crippen LogP contribution < -0.4 is 5.69 Å². The van der Waals surface area contributed by atoms with Gasteiger partial charge < -0.3 is 10.0 Å². The van der Waals surface area contributed by atoms with Crippen LogP contribution in [0.4, 0.5) is 0 Å². The van der Waals surface area contributed by atoms with E-state index in [1.807, 2.05) is 0 Å². The molecule has 0 spiro atoms. The van der Waals surface area contributed by atoms with Crippen molar-refractivity contribution in [1.82, 2.24) is 24.4 Å². The van der Waals surface area contributed by atoms with Gasteiger partial charge in [-0.2, -0.15) is 5.10 Å². The molecule has 0 aromatic carbocycles. The molecule has 8 heteroatoms. The number of carbonyl (C=O) groups is 1. The molecule has 1 aliphatic rings. The highest BCUT2D eigenvalue weighted by molar-refractivity contribution is 5.99. The van der Waals surface area contributed by atoms with E-state index in [4.69, 9.17) is 0 Å². The van der Waals surface area contributed by atoms with Crippen LogP contribution in [0.5, 0.6) is 0 Å². The Hall–Kier alpha value is -2.19. The van der Waals surface area contributed by atoms with Gasteiger partial charge in [0.1, 0.15) is 0 Å². The van der Waals surface area contributed by atoms with Crippen molar-refractivity contribution in [2.24, 2.45) is 0 Å². The number of rotatable bonds is 3. The summed E-state index contributed by atoms with van der Waals surface area (Å²) in [5.41, 5.74) is 0.417. The van der Waals surface area contributed by atoms with Gasteiger partial charge in [0, 0.05) is 38.9 Å². The lowest BCUT2D eigenvalue weighted by Gasteiger charge is -2.35. The van der Waals surface area contributed by atoms with E-state index in [1.54, 1.807) is 30.2 Å². The third-order valence-corrected chi connectivity index (χ3v) is 3.86. The molecule has 1 fully saturated rings. The average molecular weight is 305 g/mol. The third kappa shape index (κ3) is 2.75. The number of piperazine rings is 1. The largest absolute Gasteiger partial charge is 0.392 e. The van der Waals surface area contributed by atoms with Gasteiger partial charge in [0.2, 0.25) is 0 Å². The monoisotopic (exact) mass is 305 g/mol. The topological polar surface area (TPSA) is 93.9 Å². The molecule has 2 aromatic heterocycles. The van der Waals surface area contributed by atoms with Crippen molar-refractivity contribution in [2.45, 2.75) is 13.0 Å². The number of carbonyl (C=O) groups excluding carboxylic acids is 1. The summed E-state index contributed by atoms with van der Waals surface area (Å²) in [7, 11) is 0. The fourth-order valence-corrected chi connectivity index (χ4v) is 2.78. The highest BCUT2D eigenvalue weighted by Crippen LogP contribution is 2.12. The lowest BCUT2D eigenvalue weighted by atomic mass is 10.2. The molecule has 22 heavy (non-hydrogen) atoms. The fraction of sp³-hybridized carbons (Fsp3) is 0.500. The molecule has 3 rings (SSSR count). The number of aromatic nitrogens is 3. The number of nitrogens with zero attached hydrogens (tertiary/aromatic N) is 4. The van der Waals surface area contributed by atoms with Gasteiger partial charge in [-0.3, -0.25) is 9.69 Å². The first-order chi connectivity index (χ1) is 10.6. The molecular weight excluding hydrogens is 286 g/mol. The van der Waals surface area contributed by atoms with Gasteiger partial charge in [-0.1, -0.05) is 0 Å². The highest BCUT2D eigenvalue weighted by atomic mass is 16.3. The SMILES string of the molecule is C[C@H](O)CN1CCN(C(=O)c2cccn3c(=O)[nH]nc23)CC1. The van der Waals surface area contributed by atoms with Gasteiger partial charge in [0.05, 0.1) is 11.7 Å². The molecular formula is C14H19N5O3. The molecule has 8 nitrogen and oxygen atoms in total. The standard InChI is InChI=1S/C14H19N5O3/c1-10(20)9-17-5-7-18(8-6-17)13(21)11-3-2-4-19-12(11)15-16-14(19)22/h2-4,10,20H,5-9H2,1H3,(H,16,22)/t10-/m0/s1. The molecule has 2 N–H and O–H groups in total. The summed E-state index contributed by atoms with van der Waals surface area (Å²) in [5.74, 6) is -0.124.